The Morgan fingerprint density at radius 3 is 2.38 bits per heavy atom. The molecule has 1 aliphatic rings. The fourth-order valence-corrected chi connectivity index (χ4v) is 4.73. The third kappa shape index (κ3) is 4.36. The lowest BCUT2D eigenvalue weighted by Crippen LogP contribution is -2.28. The van der Waals surface area contributed by atoms with Gasteiger partial charge in [-0.1, -0.05) is 42.5 Å². The molecule has 0 radical (unpaired) electrons. The number of hydrogen-bond acceptors (Lipinski definition) is 5. The molecule has 2 aromatic heterocycles. The van der Waals surface area contributed by atoms with Crippen molar-refractivity contribution >= 4 is 5.91 Å². The highest BCUT2D eigenvalue weighted by atomic mass is 16.5. The van der Waals surface area contributed by atoms with E-state index in [1.54, 1.807) is 13.4 Å². The number of fused-ring (bicyclic) bond motifs is 1. The van der Waals surface area contributed by atoms with Crippen LogP contribution in [-0.2, 0) is 13.2 Å². The molecule has 7 nitrogen and oxygen atoms in total. The summed E-state index contributed by atoms with van der Waals surface area (Å²) in [6.07, 6.45) is 1.62. The van der Waals surface area contributed by atoms with Gasteiger partial charge in [0.05, 0.1) is 31.7 Å². The molecular formula is C30H25N3O4. The molecule has 3 aromatic carbocycles. The van der Waals surface area contributed by atoms with Crippen molar-refractivity contribution < 1.29 is 18.7 Å². The number of hydrogen-bond donors (Lipinski definition) is 1. The van der Waals surface area contributed by atoms with Gasteiger partial charge in [-0.25, -0.2) is 0 Å². The maximum absolute atomic E-state index is 13.5. The summed E-state index contributed by atoms with van der Waals surface area (Å²) in [5, 5.41) is 7.53. The van der Waals surface area contributed by atoms with Gasteiger partial charge in [0, 0.05) is 11.1 Å². The molecule has 0 aliphatic carbocycles. The van der Waals surface area contributed by atoms with Gasteiger partial charge in [0.1, 0.15) is 29.6 Å². The molecule has 3 heterocycles. The quantitative estimate of drug-likeness (QED) is 0.288. The number of methoxy groups -OCH3 is 1. The molecule has 1 atom stereocenters. The van der Waals surface area contributed by atoms with Crippen LogP contribution in [0.3, 0.4) is 0 Å². The van der Waals surface area contributed by atoms with Gasteiger partial charge in [-0.2, -0.15) is 5.10 Å². The Hall–Kier alpha value is -4.78. The number of ether oxygens (including phenoxy) is 2. The van der Waals surface area contributed by atoms with Crippen molar-refractivity contribution in [2.45, 2.75) is 19.2 Å². The Morgan fingerprint density at radius 1 is 0.919 bits per heavy atom. The summed E-state index contributed by atoms with van der Waals surface area (Å²) in [5.74, 6) is 2.12. The van der Waals surface area contributed by atoms with Gasteiger partial charge in [-0.15, -0.1) is 0 Å². The third-order valence-electron chi connectivity index (χ3n) is 6.58. The average Bonchev–Trinajstić information content (AvgIpc) is 3.68. The number of nitrogens with zero attached hydrogens (tertiary/aromatic N) is 2. The molecule has 1 amide bonds. The molecule has 1 unspecified atom stereocenters. The fraction of sp³-hybridized carbons (Fsp3) is 0.133. The van der Waals surface area contributed by atoms with Crippen molar-refractivity contribution in [2.75, 3.05) is 7.11 Å². The summed E-state index contributed by atoms with van der Waals surface area (Å²) in [5.41, 5.74) is 5.04. The standard InChI is InChI=1S/C30H25N3O4/c1-35-23-13-9-21(10-14-23)27-26-28(32-31-27)30(34)33(18-25-8-5-17-36-25)29(26)22-11-15-24(16-12-22)37-19-20-6-3-2-4-7-20/h2-17,29H,18-19H2,1H3,(H,31,32). The van der Waals surface area contributed by atoms with E-state index in [2.05, 4.69) is 10.2 Å². The third-order valence-corrected chi connectivity index (χ3v) is 6.58. The lowest BCUT2D eigenvalue weighted by atomic mass is 9.96. The first-order chi connectivity index (χ1) is 18.2. The number of amides is 1. The summed E-state index contributed by atoms with van der Waals surface area (Å²) in [6, 6.07) is 29.0. The van der Waals surface area contributed by atoms with E-state index >= 15 is 0 Å². The van der Waals surface area contributed by atoms with Gasteiger partial charge in [-0.05, 0) is 59.7 Å². The maximum Gasteiger partial charge on any atom is 0.273 e. The molecule has 184 valence electrons. The summed E-state index contributed by atoms with van der Waals surface area (Å²) in [6.45, 7) is 0.827. The lowest BCUT2D eigenvalue weighted by Gasteiger charge is -2.25. The molecule has 0 bridgehead atoms. The molecular weight excluding hydrogens is 466 g/mol. The van der Waals surface area contributed by atoms with Crippen LogP contribution in [0.1, 0.15) is 39.0 Å². The SMILES string of the molecule is COc1ccc(-c2n[nH]c3c2C(c2ccc(OCc4ccccc4)cc2)N(Cc2ccco2)C3=O)cc1. The van der Waals surface area contributed by atoms with E-state index < -0.39 is 0 Å². The Balaban J connectivity index is 1.35. The lowest BCUT2D eigenvalue weighted by molar-refractivity contribution is 0.0717. The van der Waals surface area contributed by atoms with Crippen molar-refractivity contribution in [2.24, 2.45) is 0 Å². The summed E-state index contributed by atoms with van der Waals surface area (Å²) >= 11 is 0. The summed E-state index contributed by atoms with van der Waals surface area (Å²) < 4.78 is 16.9. The molecule has 7 heteroatoms. The first-order valence-electron chi connectivity index (χ1n) is 12.0. The van der Waals surface area contributed by atoms with E-state index in [-0.39, 0.29) is 11.9 Å². The van der Waals surface area contributed by atoms with Gasteiger partial charge < -0.3 is 18.8 Å². The van der Waals surface area contributed by atoms with Crippen LogP contribution >= 0.6 is 0 Å². The topological polar surface area (TPSA) is 80.6 Å². The minimum absolute atomic E-state index is 0.118. The molecule has 1 aliphatic heterocycles. The molecule has 6 rings (SSSR count). The number of carbonyl (C=O) groups is 1. The highest BCUT2D eigenvalue weighted by molar-refractivity contribution is 6.00. The second-order valence-corrected chi connectivity index (χ2v) is 8.85. The highest BCUT2D eigenvalue weighted by Gasteiger charge is 2.42. The van der Waals surface area contributed by atoms with E-state index in [4.69, 9.17) is 13.9 Å². The van der Waals surface area contributed by atoms with Crippen LogP contribution in [0.2, 0.25) is 0 Å². The molecule has 37 heavy (non-hydrogen) atoms. The minimum atomic E-state index is -0.341. The molecule has 0 saturated carbocycles. The molecule has 1 N–H and O–H groups in total. The monoisotopic (exact) mass is 491 g/mol. The first-order valence-corrected chi connectivity index (χ1v) is 12.0. The largest absolute Gasteiger partial charge is 0.497 e. The Labute approximate surface area is 214 Å². The van der Waals surface area contributed by atoms with Crippen molar-refractivity contribution in [1.29, 1.82) is 0 Å². The van der Waals surface area contributed by atoms with Crippen molar-refractivity contribution in [3.05, 3.63) is 125 Å². The van der Waals surface area contributed by atoms with Gasteiger partial charge in [0.2, 0.25) is 0 Å². The minimum Gasteiger partial charge on any atom is -0.497 e. The van der Waals surface area contributed by atoms with Crippen molar-refractivity contribution in [3.63, 3.8) is 0 Å². The van der Waals surface area contributed by atoms with Crippen LogP contribution in [0.4, 0.5) is 0 Å². The average molecular weight is 492 g/mol. The Kier molecular flexibility index (Phi) is 5.94. The van der Waals surface area contributed by atoms with E-state index in [1.807, 2.05) is 95.9 Å². The highest BCUT2D eigenvalue weighted by Crippen LogP contribution is 2.44. The number of benzene rings is 3. The van der Waals surface area contributed by atoms with Gasteiger partial charge in [0.15, 0.2) is 0 Å². The van der Waals surface area contributed by atoms with Crippen LogP contribution < -0.4 is 9.47 Å². The maximum atomic E-state index is 13.5. The second kappa shape index (κ2) is 9.70. The van der Waals surface area contributed by atoms with E-state index in [9.17, 15) is 4.79 Å². The van der Waals surface area contributed by atoms with Gasteiger partial charge >= 0.3 is 0 Å². The Morgan fingerprint density at radius 2 is 1.68 bits per heavy atom. The van der Waals surface area contributed by atoms with Crippen LogP contribution in [0.15, 0.2) is 102 Å². The number of rotatable bonds is 8. The zero-order valence-corrected chi connectivity index (χ0v) is 20.3. The van der Waals surface area contributed by atoms with Crippen LogP contribution in [0, 0.1) is 0 Å². The molecule has 0 fully saturated rings. The van der Waals surface area contributed by atoms with E-state index in [0.29, 0.717) is 24.6 Å². The second-order valence-electron chi connectivity index (χ2n) is 8.85. The van der Waals surface area contributed by atoms with Crippen LogP contribution in [-0.4, -0.2) is 28.1 Å². The fourth-order valence-electron chi connectivity index (χ4n) is 4.73. The number of carbonyl (C=O) groups excluding carboxylic acids is 1. The number of nitrogens with one attached hydrogen (secondary N) is 1. The smallest absolute Gasteiger partial charge is 0.273 e. The number of H-pyrrole nitrogens is 1. The number of furan rings is 1. The number of aromatic nitrogens is 2. The van der Waals surface area contributed by atoms with Crippen molar-refractivity contribution in [1.82, 2.24) is 15.1 Å². The molecule has 0 saturated heterocycles. The Bertz CT molecular complexity index is 1490. The van der Waals surface area contributed by atoms with Gasteiger partial charge in [0.25, 0.3) is 5.91 Å². The normalized spacial score (nSPS) is 14.6. The predicted molar refractivity (Wildman–Crippen MR) is 138 cm³/mol. The van der Waals surface area contributed by atoms with Crippen molar-refractivity contribution in [3.8, 4) is 22.8 Å². The summed E-state index contributed by atoms with van der Waals surface area (Å²) in [7, 11) is 1.63. The van der Waals surface area contributed by atoms with E-state index in [1.165, 1.54) is 0 Å². The van der Waals surface area contributed by atoms with Crippen LogP contribution in [0.5, 0.6) is 11.5 Å². The number of aromatic amines is 1. The zero-order valence-electron chi connectivity index (χ0n) is 20.3. The molecule has 5 aromatic rings. The van der Waals surface area contributed by atoms with Gasteiger partial charge in [-0.3, -0.25) is 9.89 Å². The zero-order chi connectivity index (χ0) is 25.2. The summed E-state index contributed by atoms with van der Waals surface area (Å²) in [4.78, 5) is 15.4. The van der Waals surface area contributed by atoms with E-state index in [0.717, 1.165) is 39.4 Å². The predicted octanol–water partition coefficient (Wildman–Crippen LogP) is 6.00. The van der Waals surface area contributed by atoms with Crippen LogP contribution in [0.25, 0.3) is 11.3 Å². The first kappa shape index (κ1) is 22.7. The molecule has 0 spiro atoms.